The Balaban J connectivity index is 1.73. The number of hydrogen-bond acceptors (Lipinski definition) is 6. The number of halogens is 2. The molecule has 4 rings (SSSR count). The third-order valence-electron chi connectivity index (χ3n) is 4.63. The van der Waals surface area contributed by atoms with Crippen molar-refractivity contribution in [3.8, 4) is 28.9 Å². The van der Waals surface area contributed by atoms with Crippen LogP contribution in [0.25, 0.3) is 22.7 Å². The third-order valence-corrected chi connectivity index (χ3v) is 4.63. The minimum atomic E-state index is -2.89. The van der Waals surface area contributed by atoms with E-state index >= 15 is 0 Å². The smallest absolute Gasteiger partial charge is 0.295 e. The lowest BCUT2D eigenvalue weighted by atomic mass is 10.3. The summed E-state index contributed by atoms with van der Waals surface area (Å²) in [4.78, 5) is 23.7. The molecule has 0 atom stereocenters. The second-order valence-electron chi connectivity index (χ2n) is 6.78. The molecule has 1 N–H and O–H groups in total. The molecule has 11 heteroatoms. The molecule has 4 aromatic rings. The zero-order valence-corrected chi connectivity index (χ0v) is 17.1. The highest BCUT2D eigenvalue weighted by atomic mass is 19.3. The van der Waals surface area contributed by atoms with E-state index in [0.717, 1.165) is 4.57 Å². The number of hydrogen-bond donors (Lipinski definition) is 1. The summed E-state index contributed by atoms with van der Waals surface area (Å²) in [6.45, 7) is 1.93. The summed E-state index contributed by atoms with van der Waals surface area (Å²) in [6, 6.07) is 8.69. The maximum Gasteiger partial charge on any atom is 0.295 e. The Bertz CT molecular complexity index is 1290. The number of ether oxygens (including phenoxy) is 2. The molecule has 0 radical (unpaired) electrons. The lowest BCUT2D eigenvalue weighted by Crippen LogP contribution is -2.25. The van der Waals surface area contributed by atoms with Crippen LogP contribution in [-0.4, -0.2) is 36.4 Å². The fraction of sp³-hybridized carbons (Fsp3) is 0.300. The van der Waals surface area contributed by atoms with Gasteiger partial charge in [-0.15, -0.1) is 0 Å². The van der Waals surface area contributed by atoms with Crippen LogP contribution < -0.4 is 15.0 Å². The van der Waals surface area contributed by atoms with Crippen molar-refractivity contribution < 1.29 is 18.3 Å². The van der Waals surface area contributed by atoms with Crippen molar-refractivity contribution in [1.29, 1.82) is 0 Å². The Morgan fingerprint density at radius 3 is 2.68 bits per heavy atom. The molecule has 1 aromatic carbocycles. The van der Waals surface area contributed by atoms with Crippen molar-refractivity contribution in [2.45, 2.75) is 26.3 Å². The number of methoxy groups -OCH3 is 1. The van der Waals surface area contributed by atoms with Gasteiger partial charge in [-0.2, -0.15) is 5.10 Å². The molecule has 3 aromatic heterocycles. The van der Waals surface area contributed by atoms with E-state index in [4.69, 9.17) is 9.47 Å². The molecule has 31 heavy (non-hydrogen) atoms. The maximum atomic E-state index is 13.4. The van der Waals surface area contributed by atoms with Crippen LogP contribution in [0.2, 0.25) is 0 Å². The van der Waals surface area contributed by atoms with Crippen molar-refractivity contribution in [2.75, 3.05) is 7.11 Å². The number of imidazole rings is 1. The first-order valence-corrected chi connectivity index (χ1v) is 9.56. The highest BCUT2D eigenvalue weighted by Gasteiger charge is 2.22. The van der Waals surface area contributed by atoms with E-state index in [1.54, 1.807) is 51.4 Å². The minimum absolute atomic E-state index is 0.0498. The molecule has 3 heterocycles. The molecule has 0 unspecified atom stereocenters. The van der Waals surface area contributed by atoms with Crippen molar-refractivity contribution in [3.05, 3.63) is 46.5 Å². The van der Waals surface area contributed by atoms with Gasteiger partial charge in [0.15, 0.2) is 22.8 Å². The Kier molecular flexibility index (Phi) is 5.40. The van der Waals surface area contributed by atoms with Gasteiger partial charge in [-0.3, -0.25) is 9.36 Å². The lowest BCUT2D eigenvalue weighted by molar-refractivity contribution is 0.133. The van der Waals surface area contributed by atoms with Gasteiger partial charge in [-0.25, -0.2) is 23.4 Å². The van der Waals surface area contributed by atoms with Gasteiger partial charge in [-0.1, -0.05) is 13.0 Å². The average Bonchev–Trinajstić information content (AvgIpc) is 3.34. The summed E-state index contributed by atoms with van der Waals surface area (Å²) in [5.74, 6) is 1.23. The topological polar surface area (TPSA) is 99.8 Å². The number of benzene rings is 1. The number of nitrogens with one attached hydrogen (secondary N) is 1. The Morgan fingerprint density at radius 1 is 1.19 bits per heavy atom. The predicted octanol–water partition coefficient (Wildman–Crippen LogP) is 3.67. The molecule has 0 saturated carbocycles. The highest BCUT2D eigenvalue weighted by molar-refractivity contribution is 5.74. The first-order valence-electron chi connectivity index (χ1n) is 9.56. The predicted molar refractivity (Wildman–Crippen MR) is 109 cm³/mol. The first kappa shape index (κ1) is 20.5. The Hall–Kier alpha value is -3.76. The number of aromatic nitrogens is 6. The van der Waals surface area contributed by atoms with Gasteiger partial charge in [0, 0.05) is 25.7 Å². The fourth-order valence-electron chi connectivity index (χ4n) is 3.18. The van der Waals surface area contributed by atoms with Crippen LogP contribution in [0, 0.1) is 0 Å². The van der Waals surface area contributed by atoms with Gasteiger partial charge in [0.1, 0.15) is 17.2 Å². The molecular formula is C20H20F2N6O3. The summed E-state index contributed by atoms with van der Waals surface area (Å²) in [5.41, 5.74) is -0.250. The Labute approximate surface area is 175 Å². The van der Waals surface area contributed by atoms with Crippen LogP contribution in [0.3, 0.4) is 0 Å². The largest absolute Gasteiger partial charge is 0.497 e. The molecule has 0 aliphatic heterocycles. The summed E-state index contributed by atoms with van der Waals surface area (Å²) in [7, 11) is 3.24. The second kappa shape index (κ2) is 8.17. The van der Waals surface area contributed by atoms with Gasteiger partial charge in [-0.05, 0) is 18.6 Å². The third kappa shape index (κ3) is 3.86. The monoisotopic (exact) mass is 430 g/mol. The minimum Gasteiger partial charge on any atom is -0.497 e. The summed E-state index contributed by atoms with van der Waals surface area (Å²) in [5, 5.41) is 4.34. The van der Waals surface area contributed by atoms with Crippen LogP contribution >= 0.6 is 0 Å². The van der Waals surface area contributed by atoms with E-state index in [9.17, 15) is 13.6 Å². The molecule has 162 valence electrons. The van der Waals surface area contributed by atoms with Crippen molar-refractivity contribution >= 4 is 11.2 Å². The first-order chi connectivity index (χ1) is 14.9. The number of rotatable bonds is 7. The SMILES string of the molecule is CCCn1c(C(F)F)nc2nc(-c3cc(Oc4cccc(OC)c4)n(C)n3)[nH]c2c1=O. The fourth-order valence-corrected chi connectivity index (χ4v) is 3.18. The van der Waals surface area contributed by atoms with Gasteiger partial charge < -0.3 is 14.5 Å². The van der Waals surface area contributed by atoms with Crippen LogP contribution in [0.15, 0.2) is 35.1 Å². The van der Waals surface area contributed by atoms with Crippen LogP contribution in [0.1, 0.15) is 25.6 Å². The number of aryl methyl sites for hydroxylation is 1. The second-order valence-corrected chi connectivity index (χ2v) is 6.78. The number of nitrogens with zero attached hydrogens (tertiary/aromatic N) is 5. The lowest BCUT2D eigenvalue weighted by Gasteiger charge is -2.09. The molecule has 0 spiro atoms. The summed E-state index contributed by atoms with van der Waals surface area (Å²) >= 11 is 0. The van der Waals surface area contributed by atoms with E-state index in [2.05, 4.69) is 20.1 Å². The zero-order valence-electron chi connectivity index (χ0n) is 17.1. The van der Waals surface area contributed by atoms with Gasteiger partial charge in [0.05, 0.1) is 7.11 Å². The molecule has 0 aliphatic carbocycles. The average molecular weight is 430 g/mol. The summed E-state index contributed by atoms with van der Waals surface area (Å²) in [6.07, 6.45) is -2.37. The number of H-pyrrole nitrogens is 1. The number of alkyl halides is 2. The van der Waals surface area contributed by atoms with Gasteiger partial charge in [0.2, 0.25) is 5.88 Å². The van der Waals surface area contributed by atoms with Gasteiger partial charge in [0.25, 0.3) is 12.0 Å². The molecule has 0 aliphatic rings. The molecule has 0 saturated heterocycles. The molecule has 0 fully saturated rings. The summed E-state index contributed by atoms with van der Waals surface area (Å²) < 4.78 is 40.3. The number of fused-ring (bicyclic) bond motifs is 1. The maximum absolute atomic E-state index is 13.4. The molecule has 0 amide bonds. The van der Waals surface area contributed by atoms with Crippen molar-refractivity contribution in [2.24, 2.45) is 7.05 Å². The van der Waals surface area contributed by atoms with Crippen LogP contribution in [0.5, 0.6) is 17.4 Å². The zero-order chi connectivity index (χ0) is 22.1. The van der Waals surface area contributed by atoms with E-state index in [-0.39, 0.29) is 23.5 Å². The van der Waals surface area contributed by atoms with Crippen molar-refractivity contribution in [1.82, 2.24) is 29.3 Å². The molecule has 0 bridgehead atoms. The highest BCUT2D eigenvalue weighted by Crippen LogP contribution is 2.28. The molecular weight excluding hydrogens is 410 g/mol. The van der Waals surface area contributed by atoms with E-state index in [1.807, 2.05) is 0 Å². The van der Waals surface area contributed by atoms with Crippen molar-refractivity contribution in [3.63, 3.8) is 0 Å². The normalized spacial score (nSPS) is 11.4. The molecule has 9 nitrogen and oxygen atoms in total. The Morgan fingerprint density at radius 2 is 1.97 bits per heavy atom. The van der Waals surface area contributed by atoms with Gasteiger partial charge >= 0.3 is 0 Å². The number of aromatic amines is 1. The van der Waals surface area contributed by atoms with Crippen LogP contribution in [0.4, 0.5) is 8.78 Å². The van der Waals surface area contributed by atoms with E-state index < -0.39 is 17.8 Å². The standard InChI is InChI=1S/C20H20F2N6O3/c1-4-8-28-19(16(21)22)25-18-15(20(28)29)23-17(24-18)13-10-14(27(2)26-13)31-12-7-5-6-11(9-12)30-3/h5-7,9-10,16H,4,8H2,1-3H3,(H,23,24). The van der Waals surface area contributed by atoms with E-state index in [1.165, 1.54) is 4.68 Å². The van der Waals surface area contributed by atoms with Crippen LogP contribution in [-0.2, 0) is 13.6 Å². The van der Waals surface area contributed by atoms with E-state index in [0.29, 0.717) is 29.5 Å². The quantitative estimate of drug-likeness (QED) is 0.480.